The second-order valence-electron chi connectivity index (χ2n) is 6.43. The highest BCUT2D eigenvalue weighted by Crippen LogP contribution is 2.36. The van der Waals surface area contributed by atoms with Gasteiger partial charge in [-0.1, -0.05) is 0 Å². The highest BCUT2D eigenvalue weighted by molar-refractivity contribution is 5.81. The molecule has 0 radical (unpaired) electrons. The predicted molar refractivity (Wildman–Crippen MR) is 82.4 cm³/mol. The molecule has 0 N–H and O–H groups in total. The summed E-state index contributed by atoms with van der Waals surface area (Å²) < 4.78 is 40.5. The van der Waals surface area contributed by atoms with E-state index in [2.05, 4.69) is 10.1 Å². The summed E-state index contributed by atoms with van der Waals surface area (Å²) in [7, 11) is 0. The van der Waals surface area contributed by atoms with Gasteiger partial charge in [-0.25, -0.2) is 0 Å². The molecule has 4 nitrogen and oxygen atoms in total. The topological polar surface area (TPSA) is 47.8 Å². The van der Waals surface area contributed by atoms with Gasteiger partial charge in [0.1, 0.15) is 5.78 Å². The second kappa shape index (κ2) is 6.03. The first-order chi connectivity index (χ1) is 11.3. The number of rotatable bonds is 3. The van der Waals surface area contributed by atoms with Crippen LogP contribution in [-0.2, 0) is 11.0 Å². The predicted octanol–water partition coefficient (Wildman–Crippen LogP) is 4.38. The second-order valence-corrected chi connectivity index (χ2v) is 6.43. The maximum atomic E-state index is 12.9. The van der Waals surface area contributed by atoms with Gasteiger partial charge in [0, 0.05) is 48.5 Å². The minimum Gasteiger partial charge on any atom is -0.300 e. The number of hydrogen-bond acceptors (Lipinski definition) is 3. The number of aromatic nitrogens is 3. The summed E-state index contributed by atoms with van der Waals surface area (Å²) >= 11 is 0. The molecule has 0 spiro atoms. The van der Waals surface area contributed by atoms with Crippen LogP contribution in [0.4, 0.5) is 13.2 Å². The number of carbonyl (C=O) groups is 1. The van der Waals surface area contributed by atoms with Crippen molar-refractivity contribution in [2.75, 3.05) is 0 Å². The van der Waals surface area contributed by atoms with Gasteiger partial charge >= 0.3 is 6.18 Å². The maximum Gasteiger partial charge on any atom is 0.417 e. The Balaban J connectivity index is 2.02. The third-order valence-electron chi connectivity index (χ3n) is 4.28. The summed E-state index contributed by atoms with van der Waals surface area (Å²) in [5.41, 5.74) is 0.895. The monoisotopic (exact) mass is 337 g/mol. The molecule has 2 aromatic rings. The van der Waals surface area contributed by atoms with Crippen LogP contribution in [0, 0.1) is 0 Å². The molecule has 3 rings (SSSR count). The Morgan fingerprint density at radius 3 is 2.58 bits per heavy atom. The molecule has 1 aliphatic rings. The molecule has 128 valence electrons. The van der Waals surface area contributed by atoms with Gasteiger partial charge in [0.15, 0.2) is 0 Å². The summed E-state index contributed by atoms with van der Waals surface area (Å²) in [5.74, 6) is 0.304. The Bertz CT molecular complexity index is 765. The van der Waals surface area contributed by atoms with Gasteiger partial charge in [0.05, 0.1) is 11.3 Å². The van der Waals surface area contributed by atoms with Crippen LogP contribution in [0.5, 0.6) is 0 Å². The molecule has 2 aromatic heterocycles. The zero-order valence-electron chi connectivity index (χ0n) is 13.5. The number of nitrogens with zero attached hydrogens (tertiary/aromatic N) is 3. The number of pyridine rings is 1. The van der Waals surface area contributed by atoms with Crippen LogP contribution in [-0.4, -0.2) is 20.5 Å². The fourth-order valence-corrected chi connectivity index (χ4v) is 3.07. The van der Waals surface area contributed by atoms with E-state index in [1.807, 2.05) is 13.8 Å². The molecule has 0 bridgehead atoms. The average Bonchev–Trinajstić information content (AvgIpc) is 3.12. The first-order valence-corrected chi connectivity index (χ1v) is 7.89. The molecule has 0 aromatic carbocycles. The van der Waals surface area contributed by atoms with Crippen molar-refractivity contribution in [3.05, 3.63) is 35.8 Å². The maximum absolute atomic E-state index is 12.9. The van der Waals surface area contributed by atoms with Crippen LogP contribution >= 0.6 is 0 Å². The summed E-state index contributed by atoms with van der Waals surface area (Å²) in [6.07, 6.45) is -0.472. The lowest BCUT2D eigenvalue weighted by Crippen LogP contribution is -2.10. The molecular formula is C17H18F3N3O. The summed E-state index contributed by atoms with van der Waals surface area (Å²) in [4.78, 5) is 15.3. The zero-order valence-corrected chi connectivity index (χ0v) is 13.5. The van der Waals surface area contributed by atoms with Gasteiger partial charge in [-0.15, -0.1) is 0 Å². The van der Waals surface area contributed by atoms with Gasteiger partial charge in [-0.05, 0) is 32.4 Å². The molecule has 0 aliphatic heterocycles. The van der Waals surface area contributed by atoms with Crippen molar-refractivity contribution in [1.82, 2.24) is 14.8 Å². The van der Waals surface area contributed by atoms with E-state index in [1.165, 1.54) is 6.20 Å². The molecular weight excluding hydrogens is 319 g/mol. The third kappa shape index (κ3) is 3.20. The molecule has 0 saturated heterocycles. The van der Waals surface area contributed by atoms with Crippen molar-refractivity contribution in [3.63, 3.8) is 0 Å². The number of Topliss-reactive ketones (excluding diaryl/α,β-unsaturated/α-hetero) is 1. The van der Waals surface area contributed by atoms with Gasteiger partial charge in [-0.2, -0.15) is 18.3 Å². The lowest BCUT2D eigenvalue weighted by atomic mass is 10.0. The summed E-state index contributed by atoms with van der Waals surface area (Å²) in [6, 6.07) is 2.91. The van der Waals surface area contributed by atoms with Gasteiger partial charge in [0.25, 0.3) is 0 Å². The molecule has 1 fully saturated rings. The SMILES string of the molecule is CC(C)n1nc(-c2cncc(C(F)(F)F)c2)cc1C1CCC(=O)C1. The first-order valence-electron chi connectivity index (χ1n) is 7.89. The van der Waals surface area contributed by atoms with Crippen LogP contribution in [0.3, 0.4) is 0 Å². The van der Waals surface area contributed by atoms with Crippen LogP contribution in [0.1, 0.15) is 56.3 Å². The lowest BCUT2D eigenvalue weighted by molar-refractivity contribution is -0.137. The van der Waals surface area contributed by atoms with Gasteiger partial charge < -0.3 is 0 Å². The first kappa shape index (κ1) is 16.7. The van der Waals surface area contributed by atoms with Crippen molar-refractivity contribution in [2.24, 2.45) is 0 Å². The summed E-state index contributed by atoms with van der Waals surface area (Å²) in [6.45, 7) is 3.92. The van der Waals surface area contributed by atoms with Crippen molar-refractivity contribution in [2.45, 2.75) is 51.2 Å². The Labute approximate surface area is 137 Å². The Kier molecular flexibility index (Phi) is 4.19. The molecule has 1 atom stereocenters. The van der Waals surface area contributed by atoms with E-state index < -0.39 is 11.7 Å². The number of carbonyl (C=O) groups excluding carboxylic acids is 1. The molecule has 1 aliphatic carbocycles. The number of halogens is 3. The molecule has 7 heteroatoms. The number of hydrogen-bond donors (Lipinski definition) is 0. The fourth-order valence-electron chi connectivity index (χ4n) is 3.07. The average molecular weight is 337 g/mol. The normalized spacial score (nSPS) is 18.6. The van der Waals surface area contributed by atoms with Crippen LogP contribution in [0.25, 0.3) is 11.3 Å². The number of alkyl halides is 3. The van der Waals surface area contributed by atoms with E-state index in [1.54, 1.807) is 10.7 Å². The molecule has 0 amide bonds. The molecule has 1 saturated carbocycles. The highest BCUT2D eigenvalue weighted by Gasteiger charge is 2.32. The Morgan fingerprint density at radius 2 is 2.00 bits per heavy atom. The van der Waals surface area contributed by atoms with Crippen molar-refractivity contribution in [1.29, 1.82) is 0 Å². The van der Waals surface area contributed by atoms with Crippen molar-refractivity contribution >= 4 is 5.78 Å². The Morgan fingerprint density at radius 1 is 1.25 bits per heavy atom. The zero-order chi connectivity index (χ0) is 17.5. The van der Waals surface area contributed by atoms with E-state index in [9.17, 15) is 18.0 Å². The van der Waals surface area contributed by atoms with E-state index in [0.717, 1.165) is 24.4 Å². The van der Waals surface area contributed by atoms with E-state index in [-0.39, 0.29) is 17.7 Å². The van der Waals surface area contributed by atoms with Crippen LogP contribution < -0.4 is 0 Å². The van der Waals surface area contributed by atoms with Crippen molar-refractivity contribution < 1.29 is 18.0 Å². The van der Waals surface area contributed by atoms with Crippen LogP contribution in [0.15, 0.2) is 24.5 Å². The van der Waals surface area contributed by atoms with Gasteiger partial charge in [0.2, 0.25) is 0 Å². The molecule has 2 heterocycles. The molecule has 1 unspecified atom stereocenters. The lowest BCUT2D eigenvalue weighted by Gasteiger charge is -2.14. The minimum atomic E-state index is -4.44. The van der Waals surface area contributed by atoms with E-state index in [0.29, 0.717) is 24.1 Å². The minimum absolute atomic E-state index is 0.0585. The third-order valence-corrected chi connectivity index (χ3v) is 4.28. The Hall–Kier alpha value is -2.18. The van der Waals surface area contributed by atoms with E-state index in [4.69, 9.17) is 0 Å². The fraction of sp³-hybridized carbons (Fsp3) is 0.471. The number of ketones is 1. The quantitative estimate of drug-likeness (QED) is 0.835. The largest absolute Gasteiger partial charge is 0.417 e. The summed E-state index contributed by atoms with van der Waals surface area (Å²) in [5, 5.41) is 4.47. The molecule has 24 heavy (non-hydrogen) atoms. The highest BCUT2D eigenvalue weighted by atomic mass is 19.4. The van der Waals surface area contributed by atoms with E-state index >= 15 is 0 Å². The van der Waals surface area contributed by atoms with Crippen LogP contribution in [0.2, 0.25) is 0 Å². The standard InChI is InChI=1S/C17H18F3N3O/c1-10(2)23-16(11-3-4-14(24)6-11)7-15(22-23)12-5-13(9-21-8-12)17(18,19)20/h5,7-11H,3-4,6H2,1-2H3. The van der Waals surface area contributed by atoms with Gasteiger partial charge in [-0.3, -0.25) is 14.5 Å². The van der Waals surface area contributed by atoms with Crippen molar-refractivity contribution in [3.8, 4) is 11.3 Å². The smallest absolute Gasteiger partial charge is 0.300 e.